The fraction of sp³-hybridized carbons (Fsp3) is 0.227. The number of amides is 1. The largest absolute Gasteiger partial charge is 0.493 e. The molecule has 0 saturated heterocycles. The lowest BCUT2D eigenvalue weighted by Gasteiger charge is -2.11. The predicted molar refractivity (Wildman–Crippen MR) is 111 cm³/mol. The number of hydrogen-bond acceptors (Lipinski definition) is 6. The van der Waals surface area contributed by atoms with Crippen LogP contribution in [0.4, 0.5) is 5.82 Å². The Balaban J connectivity index is 1.60. The lowest BCUT2D eigenvalue weighted by molar-refractivity contribution is 0.0946. The lowest BCUT2D eigenvalue weighted by atomic mass is 10.1. The zero-order chi connectivity index (χ0) is 20.6. The molecule has 7 nitrogen and oxygen atoms in total. The molecule has 0 atom stereocenters. The molecular weight excluding hydrogens is 368 g/mol. The number of methoxy groups -OCH3 is 2. The van der Waals surface area contributed by atoms with Crippen LogP contribution in [0.5, 0.6) is 11.5 Å². The van der Waals surface area contributed by atoms with Gasteiger partial charge in [-0.25, -0.2) is 9.97 Å². The number of benzene rings is 2. The second-order valence-corrected chi connectivity index (χ2v) is 6.50. The van der Waals surface area contributed by atoms with Gasteiger partial charge in [0.1, 0.15) is 17.8 Å². The number of nitrogens with one attached hydrogen (secondary N) is 2. The third kappa shape index (κ3) is 5.44. The van der Waals surface area contributed by atoms with Crippen molar-refractivity contribution in [3.63, 3.8) is 0 Å². The molecule has 0 fully saturated rings. The summed E-state index contributed by atoms with van der Waals surface area (Å²) in [6, 6.07) is 15.3. The molecule has 0 aliphatic carbocycles. The van der Waals surface area contributed by atoms with E-state index in [1.807, 2.05) is 49.4 Å². The number of carbonyl (C=O) groups is 1. The maximum atomic E-state index is 12.4. The molecule has 0 aliphatic rings. The van der Waals surface area contributed by atoms with Gasteiger partial charge in [-0.2, -0.15) is 0 Å². The number of aryl methyl sites for hydroxylation is 1. The second-order valence-electron chi connectivity index (χ2n) is 6.50. The van der Waals surface area contributed by atoms with E-state index >= 15 is 0 Å². The van der Waals surface area contributed by atoms with Gasteiger partial charge in [0.15, 0.2) is 11.5 Å². The topological polar surface area (TPSA) is 85.4 Å². The van der Waals surface area contributed by atoms with Gasteiger partial charge < -0.3 is 20.1 Å². The van der Waals surface area contributed by atoms with Crippen LogP contribution in [0.3, 0.4) is 0 Å². The normalized spacial score (nSPS) is 10.3. The van der Waals surface area contributed by atoms with E-state index < -0.39 is 0 Å². The van der Waals surface area contributed by atoms with Crippen molar-refractivity contribution >= 4 is 11.7 Å². The SMILES string of the molecule is COc1ccc(CNc2cc(C(=O)NCc3ccc(C)cc3)ncn2)cc1OC. The minimum Gasteiger partial charge on any atom is -0.493 e. The summed E-state index contributed by atoms with van der Waals surface area (Å²) in [6.45, 7) is 2.99. The molecule has 7 heteroatoms. The van der Waals surface area contributed by atoms with Gasteiger partial charge in [0.25, 0.3) is 5.91 Å². The number of carbonyl (C=O) groups excluding carboxylic acids is 1. The first-order chi connectivity index (χ1) is 14.1. The van der Waals surface area contributed by atoms with Crippen LogP contribution in [-0.2, 0) is 13.1 Å². The summed E-state index contributed by atoms with van der Waals surface area (Å²) in [7, 11) is 3.20. The zero-order valence-corrected chi connectivity index (χ0v) is 16.7. The van der Waals surface area contributed by atoms with Crippen LogP contribution < -0.4 is 20.1 Å². The minimum absolute atomic E-state index is 0.248. The van der Waals surface area contributed by atoms with E-state index in [1.54, 1.807) is 20.3 Å². The van der Waals surface area contributed by atoms with E-state index in [0.29, 0.717) is 36.1 Å². The second kappa shape index (κ2) is 9.54. The monoisotopic (exact) mass is 392 g/mol. The van der Waals surface area contributed by atoms with Gasteiger partial charge in [-0.1, -0.05) is 35.9 Å². The summed E-state index contributed by atoms with van der Waals surface area (Å²) in [6.07, 6.45) is 1.37. The maximum absolute atomic E-state index is 12.4. The van der Waals surface area contributed by atoms with Crippen molar-refractivity contribution in [2.45, 2.75) is 20.0 Å². The fourth-order valence-electron chi connectivity index (χ4n) is 2.74. The maximum Gasteiger partial charge on any atom is 0.270 e. The van der Waals surface area contributed by atoms with Crippen LogP contribution >= 0.6 is 0 Å². The third-order valence-electron chi connectivity index (χ3n) is 4.39. The first kappa shape index (κ1) is 20.1. The fourth-order valence-corrected chi connectivity index (χ4v) is 2.74. The molecular formula is C22H24N4O3. The molecule has 3 rings (SSSR count). The molecule has 0 bridgehead atoms. The summed E-state index contributed by atoms with van der Waals surface area (Å²) >= 11 is 0. The van der Waals surface area contributed by atoms with Crippen molar-refractivity contribution in [3.8, 4) is 11.5 Å². The first-order valence-corrected chi connectivity index (χ1v) is 9.19. The Morgan fingerprint density at radius 3 is 2.34 bits per heavy atom. The van der Waals surface area contributed by atoms with Gasteiger partial charge in [0.05, 0.1) is 14.2 Å². The Hall–Kier alpha value is -3.61. The molecule has 0 unspecified atom stereocenters. The van der Waals surface area contributed by atoms with Gasteiger partial charge in [0, 0.05) is 19.2 Å². The molecule has 0 aliphatic heterocycles. The number of nitrogens with zero attached hydrogens (tertiary/aromatic N) is 2. The highest BCUT2D eigenvalue weighted by molar-refractivity contribution is 5.92. The quantitative estimate of drug-likeness (QED) is 0.612. The van der Waals surface area contributed by atoms with Crippen molar-refractivity contribution in [2.24, 2.45) is 0 Å². The highest BCUT2D eigenvalue weighted by Gasteiger charge is 2.09. The van der Waals surface area contributed by atoms with Crippen LogP contribution in [0.1, 0.15) is 27.2 Å². The Morgan fingerprint density at radius 2 is 1.62 bits per heavy atom. The minimum atomic E-state index is -0.248. The predicted octanol–water partition coefficient (Wildman–Crippen LogP) is 3.34. The number of hydrogen-bond donors (Lipinski definition) is 2. The van der Waals surface area contributed by atoms with Crippen molar-refractivity contribution in [3.05, 3.63) is 77.2 Å². The average molecular weight is 392 g/mol. The summed E-state index contributed by atoms with van der Waals surface area (Å²) < 4.78 is 10.6. The smallest absolute Gasteiger partial charge is 0.270 e. The Kier molecular flexibility index (Phi) is 6.63. The van der Waals surface area contributed by atoms with E-state index in [-0.39, 0.29) is 5.91 Å². The van der Waals surface area contributed by atoms with Gasteiger partial charge in [0.2, 0.25) is 0 Å². The molecule has 0 radical (unpaired) electrons. The van der Waals surface area contributed by atoms with Crippen LogP contribution in [0.2, 0.25) is 0 Å². The number of anilines is 1. The lowest BCUT2D eigenvalue weighted by Crippen LogP contribution is -2.24. The first-order valence-electron chi connectivity index (χ1n) is 9.19. The number of aromatic nitrogens is 2. The third-order valence-corrected chi connectivity index (χ3v) is 4.39. The van der Waals surface area contributed by atoms with E-state index in [9.17, 15) is 4.79 Å². The van der Waals surface area contributed by atoms with Crippen LogP contribution in [0.25, 0.3) is 0 Å². The molecule has 1 heterocycles. The highest BCUT2D eigenvalue weighted by Crippen LogP contribution is 2.27. The van der Waals surface area contributed by atoms with Gasteiger partial charge in [-0.15, -0.1) is 0 Å². The Morgan fingerprint density at radius 1 is 0.897 bits per heavy atom. The molecule has 0 spiro atoms. The molecule has 150 valence electrons. The van der Waals surface area contributed by atoms with Gasteiger partial charge in [-0.3, -0.25) is 4.79 Å². The summed E-state index contributed by atoms with van der Waals surface area (Å²) in [5.41, 5.74) is 3.51. The van der Waals surface area contributed by atoms with E-state index in [1.165, 1.54) is 11.9 Å². The molecule has 1 aromatic heterocycles. The highest BCUT2D eigenvalue weighted by atomic mass is 16.5. The van der Waals surface area contributed by atoms with Crippen molar-refractivity contribution < 1.29 is 14.3 Å². The summed E-state index contributed by atoms with van der Waals surface area (Å²) in [4.78, 5) is 20.7. The molecule has 0 saturated carbocycles. The van der Waals surface area contributed by atoms with Crippen LogP contribution in [-0.4, -0.2) is 30.1 Å². The van der Waals surface area contributed by atoms with Gasteiger partial charge in [-0.05, 0) is 30.2 Å². The summed E-state index contributed by atoms with van der Waals surface area (Å²) in [5, 5.41) is 6.07. The van der Waals surface area contributed by atoms with Crippen molar-refractivity contribution in [1.29, 1.82) is 0 Å². The number of rotatable bonds is 8. The van der Waals surface area contributed by atoms with E-state index in [4.69, 9.17) is 9.47 Å². The molecule has 3 aromatic rings. The van der Waals surface area contributed by atoms with E-state index in [2.05, 4.69) is 20.6 Å². The standard InChI is InChI=1S/C22H24N4O3/c1-15-4-6-16(7-5-15)12-24-22(27)18-11-21(26-14-25-18)23-13-17-8-9-19(28-2)20(10-17)29-3/h4-11,14H,12-13H2,1-3H3,(H,24,27)(H,23,25,26). The molecule has 2 aromatic carbocycles. The van der Waals surface area contributed by atoms with E-state index in [0.717, 1.165) is 11.1 Å². The Bertz CT molecular complexity index is 974. The van der Waals surface area contributed by atoms with Crippen molar-refractivity contribution in [1.82, 2.24) is 15.3 Å². The van der Waals surface area contributed by atoms with Crippen LogP contribution in [0, 0.1) is 6.92 Å². The Labute approximate surface area is 170 Å². The molecule has 1 amide bonds. The average Bonchev–Trinajstić information content (AvgIpc) is 2.77. The summed E-state index contributed by atoms with van der Waals surface area (Å²) in [5.74, 6) is 1.65. The molecule has 29 heavy (non-hydrogen) atoms. The van der Waals surface area contributed by atoms with Gasteiger partial charge >= 0.3 is 0 Å². The zero-order valence-electron chi connectivity index (χ0n) is 16.7. The number of ether oxygens (including phenoxy) is 2. The van der Waals surface area contributed by atoms with Crippen LogP contribution in [0.15, 0.2) is 54.9 Å². The van der Waals surface area contributed by atoms with Crippen molar-refractivity contribution in [2.75, 3.05) is 19.5 Å². The molecule has 2 N–H and O–H groups in total.